The summed E-state index contributed by atoms with van der Waals surface area (Å²) in [5.41, 5.74) is 0. The van der Waals surface area contributed by atoms with Gasteiger partial charge >= 0.3 is 0 Å². The summed E-state index contributed by atoms with van der Waals surface area (Å²) < 4.78 is 0. The highest BCUT2D eigenvalue weighted by Gasteiger charge is 2.29. The maximum Gasteiger partial charge on any atom is 0.0609 e. The number of aliphatic hydroxyl groups excluding tert-OH is 2. The molecule has 11 heavy (non-hydrogen) atoms. The van der Waals surface area contributed by atoms with Gasteiger partial charge in [0.1, 0.15) is 0 Å². The SMILES string of the molecule is CCC1CN(C(CO)CO)C1. The minimum absolute atomic E-state index is 0.0159. The molecule has 0 saturated carbocycles. The van der Waals surface area contributed by atoms with Crippen molar-refractivity contribution < 1.29 is 10.2 Å². The van der Waals surface area contributed by atoms with Crippen LogP contribution in [0.4, 0.5) is 0 Å². The Morgan fingerprint density at radius 3 is 2.27 bits per heavy atom. The molecule has 1 heterocycles. The van der Waals surface area contributed by atoms with Crippen LogP contribution in [-0.4, -0.2) is 47.5 Å². The van der Waals surface area contributed by atoms with Crippen LogP contribution in [0.3, 0.4) is 0 Å². The molecule has 3 heteroatoms. The van der Waals surface area contributed by atoms with Crippen molar-refractivity contribution in [1.82, 2.24) is 4.90 Å². The summed E-state index contributed by atoms with van der Waals surface area (Å²) in [6.45, 7) is 4.42. The Morgan fingerprint density at radius 2 is 1.91 bits per heavy atom. The van der Waals surface area contributed by atoms with E-state index in [0.717, 1.165) is 19.0 Å². The van der Waals surface area contributed by atoms with Crippen LogP contribution >= 0.6 is 0 Å². The van der Waals surface area contributed by atoms with E-state index in [1.54, 1.807) is 0 Å². The van der Waals surface area contributed by atoms with Crippen molar-refractivity contribution in [3.63, 3.8) is 0 Å². The third-order valence-corrected chi connectivity index (χ3v) is 2.50. The highest BCUT2D eigenvalue weighted by atomic mass is 16.3. The summed E-state index contributed by atoms with van der Waals surface area (Å²) in [7, 11) is 0. The molecular formula is C8H17NO2. The Labute approximate surface area is 67.6 Å². The van der Waals surface area contributed by atoms with E-state index in [4.69, 9.17) is 10.2 Å². The summed E-state index contributed by atoms with van der Waals surface area (Å²) in [5.74, 6) is 0.788. The molecule has 0 amide bonds. The van der Waals surface area contributed by atoms with Crippen molar-refractivity contribution in [2.24, 2.45) is 5.92 Å². The molecule has 3 nitrogen and oxygen atoms in total. The van der Waals surface area contributed by atoms with Gasteiger partial charge in [0.2, 0.25) is 0 Å². The lowest BCUT2D eigenvalue weighted by atomic mass is 9.95. The molecule has 0 aromatic heterocycles. The second-order valence-corrected chi connectivity index (χ2v) is 3.25. The molecule has 0 spiro atoms. The van der Waals surface area contributed by atoms with Gasteiger partial charge in [0.05, 0.1) is 19.3 Å². The maximum atomic E-state index is 8.82. The second kappa shape index (κ2) is 4.04. The average molecular weight is 159 g/mol. The monoisotopic (exact) mass is 159 g/mol. The lowest BCUT2D eigenvalue weighted by Crippen LogP contribution is -2.54. The standard InChI is InChI=1S/C8H17NO2/c1-2-7-3-9(4-7)8(5-10)6-11/h7-8,10-11H,2-6H2,1H3. The quantitative estimate of drug-likeness (QED) is 0.591. The molecule has 1 aliphatic heterocycles. The van der Waals surface area contributed by atoms with Gasteiger partial charge in [-0.1, -0.05) is 13.3 Å². The lowest BCUT2D eigenvalue weighted by molar-refractivity contribution is -0.00286. The number of likely N-dealkylation sites (tertiary alicyclic amines) is 1. The van der Waals surface area contributed by atoms with Crippen molar-refractivity contribution in [2.45, 2.75) is 19.4 Å². The second-order valence-electron chi connectivity index (χ2n) is 3.25. The minimum Gasteiger partial charge on any atom is -0.395 e. The van der Waals surface area contributed by atoms with Gasteiger partial charge in [-0.25, -0.2) is 0 Å². The predicted molar refractivity (Wildman–Crippen MR) is 43.3 cm³/mol. The lowest BCUT2D eigenvalue weighted by Gasteiger charge is -2.42. The fraction of sp³-hybridized carbons (Fsp3) is 1.00. The summed E-state index contributed by atoms with van der Waals surface area (Å²) >= 11 is 0. The van der Waals surface area contributed by atoms with Crippen LogP contribution in [0.25, 0.3) is 0 Å². The minimum atomic E-state index is -0.0159. The van der Waals surface area contributed by atoms with Gasteiger partial charge in [-0.05, 0) is 5.92 Å². The molecule has 1 fully saturated rings. The van der Waals surface area contributed by atoms with Crippen molar-refractivity contribution in [2.75, 3.05) is 26.3 Å². The smallest absolute Gasteiger partial charge is 0.0609 e. The molecule has 0 unspecified atom stereocenters. The van der Waals surface area contributed by atoms with Gasteiger partial charge in [-0.2, -0.15) is 0 Å². The number of aliphatic hydroxyl groups is 2. The van der Waals surface area contributed by atoms with Crippen LogP contribution in [0.15, 0.2) is 0 Å². The Balaban J connectivity index is 2.19. The van der Waals surface area contributed by atoms with E-state index >= 15 is 0 Å². The number of hydrogen-bond acceptors (Lipinski definition) is 3. The summed E-state index contributed by atoms with van der Waals surface area (Å²) in [4.78, 5) is 2.13. The summed E-state index contributed by atoms with van der Waals surface area (Å²) in [6.07, 6.45) is 1.21. The van der Waals surface area contributed by atoms with E-state index in [1.807, 2.05) is 0 Å². The van der Waals surface area contributed by atoms with E-state index in [0.29, 0.717) is 0 Å². The van der Waals surface area contributed by atoms with Gasteiger partial charge in [0.15, 0.2) is 0 Å². The van der Waals surface area contributed by atoms with Crippen molar-refractivity contribution in [3.8, 4) is 0 Å². The van der Waals surface area contributed by atoms with Gasteiger partial charge < -0.3 is 10.2 Å². The van der Waals surface area contributed by atoms with Gasteiger partial charge in [0.25, 0.3) is 0 Å². The highest BCUT2D eigenvalue weighted by Crippen LogP contribution is 2.20. The molecule has 2 N–H and O–H groups in total. The molecule has 0 bridgehead atoms. The van der Waals surface area contributed by atoms with Crippen LogP contribution in [0.1, 0.15) is 13.3 Å². The molecule has 1 aliphatic rings. The van der Waals surface area contributed by atoms with Crippen LogP contribution in [0, 0.1) is 5.92 Å². The van der Waals surface area contributed by atoms with Crippen LogP contribution < -0.4 is 0 Å². The molecular weight excluding hydrogens is 142 g/mol. The first-order valence-electron chi connectivity index (χ1n) is 4.27. The summed E-state index contributed by atoms with van der Waals surface area (Å²) in [5, 5.41) is 17.6. The van der Waals surface area contributed by atoms with Gasteiger partial charge in [0, 0.05) is 13.1 Å². The predicted octanol–water partition coefficient (Wildman–Crippen LogP) is -0.319. The van der Waals surface area contributed by atoms with Crippen molar-refractivity contribution in [3.05, 3.63) is 0 Å². The first kappa shape index (κ1) is 8.97. The maximum absolute atomic E-state index is 8.82. The first-order chi connectivity index (χ1) is 5.31. The molecule has 0 aromatic rings. The number of hydrogen-bond donors (Lipinski definition) is 2. The zero-order chi connectivity index (χ0) is 8.27. The van der Waals surface area contributed by atoms with Crippen LogP contribution in [0.2, 0.25) is 0 Å². The molecule has 0 radical (unpaired) electrons. The number of rotatable bonds is 4. The van der Waals surface area contributed by atoms with E-state index in [-0.39, 0.29) is 19.3 Å². The zero-order valence-corrected chi connectivity index (χ0v) is 7.03. The largest absolute Gasteiger partial charge is 0.395 e. The van der Waals surface area contributed by atoms with Crippen LogP contribution in [0.5, 0.6) is 0 Å². The van der Waals surface area contributed by atoms with E-state index in [2.05, 4.69) is 11.8 Å². The Morgan fingerprint density at radius 1 is 1.36 bits per heavy atom. The average Bonchev–Trinajstić information content (AvgIpc) is 1.95. The van der Waals surface area contributed by atoms with E-state index in [1.165, 1.54) is 6.42 Å². The first-order valence-corrected chi connectivity index (χ1v) is 4.27. The molecule has 66 valence electrons. The third-order valence-electron chi connectivity index (χ3n) is 2.50. The normalized spacial score (nSPS) is 20.7. The fourth-order valence-electron chi connectivity index (χ4n) is 1.45. The highest BCUT2D eigenvalue weighted by molar-refractivity contribution is 4.83. The Kier molecular flexibility index (Phi) is 3.30. The Hall–Kier alpha value is -0.120. The molecule has 0 aliphatic carbocycles. The van der Waals surface area contributed by atoms with E-state index < -0.39 is 0 Å². The van der Waals surface area contributed by atoms with Crippen molar-refractivity contribution >= 4 is 0 Å². The van der Waals surface area contributed by atoms with Gasteiger partial charge in [-0.3, -0.25) is 4.90 Å². The van der Waals surface area contributed by atoms with Crippen LogP contribution in [-0.2, 0) is 0 Å². The van der Waals surface area contributed by atoms with Crippen molar-refractivity contribution in [1.29, 1.82) is 0 Å². The zero-order valence-electron chi connectivity index (χ0n) is 7.03. The van der Waals surface area contributed by atoms with Gasteiger partial charge in [-0.15, -0.1) is 0 Å². The van der Waals surface area contributed by atoms with E-state index in [9.17, 15) is 0 Å². The number of nitrogens with zero attached hydrogens (tertiary/aromatic N) is 1. The molecule has 1 rings (SSSR count). The summed E-state index contributed by atoms with van der Waals surface area (Å²) in [6, 6.07) is -0.0159. The topological polar surface area (TPSA) is 43.7 Å². The Bertz CT molecular complexity index is 109. The molecule has 1 saturated heterocycles. The fourth-order valence-corrected chi connectivity index (χ4v) is 1.45. The molecule has 0 aromatic carbocycles. The molecule has 0 atom stereocenters. The third kappa shape index (κ3) is 1.92.